The minimum absolute atomic E-state index is 0.0131. The maximum absolute atomic E-state index is 12.3. The number of hydrogen-bond acceptors (Lipinski definition) is 6. The summed E-state index contributed by atoms with van der Waals surface area (Å²) in [6, 6.07) is 8.61. The lowest BCUT2D eigenvalue weighted by Gasteiger charge is -2.26. The Labute approximate surface area is 175 Å². The molecule has 0 radical (unpaired) electrons. The van der Waals surface area contributed by atoms with Gasteiger partial charge < -0.3 is 14.4 Å². The zero-order chi connectivity index (χ0) is 21.2. The molecular weight excluding hydrogens is 384 g/mol. The Bertz CT molecular complexity index is 880. The molecule has 0 spiro atoms. The Kier molecular flexibility index (Phi) is 7.77. The maximum atomic E-state index is 12.3. The van der Waals surface area contributed by atoms with E-state index >= 15 is 0 Å². The molecule has 1 aliphatic heterocycles. The van der Waals surface area contributed by atoms with E-state index in [-0.39, 0.29) is 18.4 Å². The lowest BCUT2D eigenvalue weighted by molar-refractivity contribution is -0.134. The monoisotopic (exact) mass is 410 g/mol. The number of likely N-dealkylation sites (tertiary alicyclic amines) is 1. The second-order valence-corrected chi connectivity index (χ2v) is 6.81. The molecule has 1 N–H and O–H groups in total. The molecule has 3 rings (SSSR count). The Hall–Kier alpha value is -3.42. The van der Waals surface area contributed by atoms with Gasteiger partial charge >= 0.3 is 0 Å². The molecule has 0 atom stereocenters. The highest BCUT2D eigenvalue weighted by molar-refractivity contribution is 5.94. The van der Waals surface area contributed by atoms with Crippen molar-refractivity contribution in [3.63, 3.8) is 0 Å². The molecule has 8 heteroatoms. The number of rotatable bonds is 8. The summed E-state index contributed by atoms with van der Waals surface area (Å²) < 4.78 is 11.4. The van der Waals surface area contributed by atoms with Gasteiger partial charge in [0.1, 0.15) is 0 Å². The van der Waals surface area contributed by atoms with Crippen LogP contribution in [0.3, 0.4) is 0 Å². The van der Waals surface area contributed by atoms with Crippen LogP contribution in [0.1, 0.15) is 42.1 Å². The average Bonchev–Trinajstić information content (AvgIpc) is 2.79. The first-order chi connectivity index (χ1) is 14.7. The van der Waals surface area contributed by atoms with Gasteiger partial charge in [0.25, 0.3) is 11.8 Å². The van der Waals surface area contributed by atoms with E-state index in [1.54, 1.807) is 36.5 Å². The van der Waals surface area contributed by atoms with Crippen LogP contribution < -0.4 is 14.9 Å². The van der Waals surface area contributed by atoms with Gasteiger partial charge in [-0.1, -0.05) is 0 Å². The molecule has 1 saturated heterocycles. The zero-order valence-corrected chi connectivity index (χ0v) is 17.0. The normalized spacial score (nSPS) is 13.8. The highest BCUT2D eigenvalue weighted by Crippen LogP contribution is 2.28. The first-order valence-corrected chi connectivity index (χ1v) is 10.1. The summed E-state index contributed by atoms with van der Waals surface area (Å²) in [6.45, 7) is 3.89. The van der Waals surface area contributed by atoms with Gasteiger partial charge in [0.05, 0.1) is 18.4 Å². The number of aromatic nitrogens is 1. The van der Waals surface area contributed by atoms with Gasteiger partial charge in [0, 0.05) is 25.5 Å². The quantitative estimate of drug-likeness (QED) is 0.533. The van der Waals surface area contributed by atoms with Gasteiger partial charge in [-0.3, -0.25) is 14.6 Å². The number of nitrogens with one attached hydrogen (secondary N) is 1. The molecular formula is C22H26N4O4. The van der Waals surface area contributed by atoms with Crippen LogP contribution in [-0.2, 0) is 4.79 Å². The number of nitrogens with zero attached hydrogens (tertiary/aromatic N) is 3. The first kappa shape index (κ1) is 21.3. The van der Waals surface area contributed by atoms with Crippen molar-refractivity contribution in [3.8, 4) is 11.5 Å². The molecule has 1 aliphatic rings. The molecule has 1 aromatic carbocycles. The van der Waals surface area contributed by atoms with Gasteiger partial charge in [-0.15, -0.1) is 0 Å². The Morgan fingerprint density at radius 1 is 1.17 bits per heavy atom. The first-order valence-electron chi connectivity index (χ1n) is 10.1. The highest BCUT2D eigenvalue weighted by Gasteiger charge is 2.17. The smallest absolute Gasteiger partial charge is 0.272 e. The van der Waals surface area contributed by atoms with Crippen LogP contribution in [0, 0.1) is 0 Å². The van der Waals surface area contributed by atoms with Crippen molar-refractivity contribution in [1.29, 1.82) is 0 Å². The lowest BCUT2D eigenvalue weighted by Crippen LogP contribution is -2.38. The molecule has 2 heterocycles. The third-order valence-corrected chi connectivity index (χ3v) is 4.63. The topological polar surface area (TPSA) is 93.1 Å². The summed E-state index contributed by atoms with van der Waals surface area (Å²) in [5, 5.41) is 3.97. The summed E-state index contributed by atoms with van der Waals surface area (Å²) in [7, 11) is 0. The molecule has 158 valence electrons. The predicted octanol–water partition coefficient (Wildman–Crippen LogP) is 2.64. The van der Waals surface area contributed by atoms with Gasteiger partial charge in [-0.25, -0.2) is 5.43 Å². The number of hydrogen-bond donors (Lipinski definition) is 1. The van der Waals surface area contributed by atoms with Crippen molar-refractivity contribution < 1.29 is 19.1 Å². The second kappa shape index (κ2) is 10.9. The van der Waals surface area contributed by atoms with E-state index in [0.717, 1.165) is 31.5 Å². The minimum Gasteiger partial charge on any atom is -0.490 e. The lowest BCUT2D eigenvalue weighted by atomic mass is 10.1. The molecule has 2 aromatic rings. The summed E-state index contributed by atoms with van der Waals surface area (Å²) in [5.74, 6) is 0.659. The number of piperidine rings is 1. The molecule has 0 bridgehead atoms. The van der Waals surface area contributed by atoms with E-state index in [9.17, 15) is 9.59 Å². The van der Waals surface area contributed by atoms with Crippen LogP contribution in [0.2, 0.25) is 0 Å². The SMILES string of the molecule is CCOc1cc(/C=N/NC(=O)c2cccnc2)ccc1OCC(=O)N1CCCCC1. The Morgan fingerprint density at radius 2 is 2.00 bits per heavy atom. The summed E-state index contributed by atoms with van der Waals surface area (Å²) in [6.07, 6.45) is 7.83. The van der Waals surface area contributed by atoms with E-state index < -0.39 is 0 Å². The standard InChI is InChI=1S/C22H26N4O4/c1-2-29-20-13-17(14-24-25-22(28)18-7-6-10-23-15-18)8-9-19(20)30-16-21(27)26-11-4-3-5-12-26/h6-10,13-15H,2-5,11-12,16H2,1H3,(H,25,28)/b24-14+. The highest BCUT2D eigenvalue weighted by atomic mass is 16.5. The van der Waals surface area contributed by atoms with E-state index in [0.29, 0.717) is 23.7 Å². The largest absolute Gasteiger partial charge is 0.490 e. The number of ether oxygens (including phenoxy) is 2. The van der Waals surface area contributed by atoms with Crippen LogP contribution in [-0.4, -0.2) is 54.2 Å². The van der Waals surface area contributed by atoms with Gasteiger partial charge in [-0.05, 0) is 62.1 Å². The third-order valence-electron chi connectivity index (χ3n) is 4.63. The number of benzene rings is 1. The number of carbonyl (C=O) groups excluding carboxylic acids is 2. The summed E-state index contributed by atoms with van der Waals surface area (Å²) >= 11 is 0. The number of carbonyl (C=O) groups is 2. The average molecular weight is 410 g/mol. The molecule has 0 unspecified atom stereocenters. The van der Waals surface area contributed by atoms with Crippen LogP contribution in [0.25, 0.3) is 0 Å². The summed E-state index contributed by atoms with van der Waals surface area (Å²) in [5.41, 5.74) is 3.60. The van der Waals surface area contributed by atoms with E-state index in [1.165, 1.54) is 18.8 Å². The molecule has 2 amide bonds. The number of hydrazone groups is 1. The van der Waals surface area contributed by atoms with E-state index in [1.807, 2.05) is 11.8 Å². The van der Waals surface area contributed by atoms with E-state index in [2.05, 4.69) is 15.5 Å². The maximum Gasteiger partial charge on any atom is 0.272 e. The van der Waals surface area contributed by atoms with Crippen molar-refractivity contribution in [2.75, 3.05) is 26.3 Å². The fourth-order valence-electron chi connectivity index (χ4n) is 3.09. The Balaban J connectivity index is 1.59. The van der Waals surface area contributed by atoms with E-state index in [4.69, 9.17) is 9.47 Å². The van der Waals surface area contributed by atoms with Crippen LogP contribution in [0.5, 0.6) is 11.5 Å². The van der Waals surface area contributed by atoms with Crippen LogP contribution in [0.4, 0.5) is 0 Å². The van der Waals surface area contributed by atoms with Crippen LogP contribution in [0.15, 0.2) is 47.8 Å². The zero-order valence-electron chi connectivity index (χ0n) is 17.0. The number of pyridine rings is 1. The van der Waals surface area contributed by atoms with Gasteiger partial charge in [0.2, 0.25) is 0 Å². The fourth-order valence-corrected chi connectivity index (χ4v) is 3.09. The van der Waals surface area contributed by atoms with Crippen molar-refractivity contribution in [2.24, 2.45) is 5.10 Å². The second-order valence-electron chi connectivity index (χ2n) is 6.81. The summed E-state index contributed by atoms with van der Waals surface area (Å²) in [4.78, 5) is 30.1. The molecule has 0 aliphatic carbocycles. The molecule has 8 nitrogen and oxygen atoms in total. The van der Waals surface area contributed by atoms with Crippen LogP contribution >= 0.6 is 0 Å². The molecule has 30 heavy (non-hydrogen) atoms. The predicted molar refractivity (Wildman–Crippen MR) is 113 cm³/mol. The van der Waals surface area contributed by atoms with Gasteiger partial charge in [-0.2, -0.15) is 5.10 Å². The minimum atomic E-state index is -0.347. The number of amides is 2. The molecule has 1 fully saturated rings. The third kappa shape index (κ3) is 6.04. The molecule has 1 aromatic heterocycles. The van der Waals surface area contributed by atoms with Crippen molar-refractivity contribution in [1.82, 2.24) is 15.3 Å². The Morgan fingerprint density at radius 3 is 2.73 bits per heavy atom. The van der Waals surface area contributed by atoms with Gasteiger partial charge in [0.15, 0.2) is 18.1 Å². The van der Waals surface area contributed by atoms with Crippen molar-refractivity contribution >= 4 is 18.0 Å². The van der Waals surface area contributed by atoms with Crippen molar-refractivity contribution in [3.05, 3.63) is 53.9 Å². The molecule has 0 saturated carbocycles. The van der Waals surface area contributed by atoms with Crippen molar-refractivity contribution in [2.45, 2.75) is 26.2 Å². The fraction of sp³-hybridized carbons (Fsp3) is 0.364.